The van der Waals surface area contributed by atoms with Crippen molar-refractivity contribution in [3.63, 3.8) is 0 Å². The molecule has 0 bridgehead atoms. The number of rotatable bonds is 4. The first-order valence-corrected chi connectivity index (χ1v) is 6.86. The van der Waals surface area contributed by atoms with Gasteiger partial charge in [-0.2, -0.15) is 0 Å². The molecule has 0 aliphatic carbocycles. The third-order valence-corrected chi connectivity index (χ3v) is 3.09. The second-order valence-electron chi connectivity index (χ2n) is 3.59. The summed E-state index contributed by atoms with van der Waals surface area (Å²) in [5.74, 6) is 2.48. The van der Waals surface area contributed by atoms with E-state index in [0.717, 1.165) is 15.4 Å². The Balaban J connectivity index is 2.96. The third kappa shape index (κ3) is 4.18. The summed E-state index contributed by atoms with van der Waals surface area (Å²) in [4.78, 5) is 13.9. The lowest BCUT2D eigenvalue weighted by Crippen LogP contribution is -2.32. The Bertz CT molecular complexity index is 431. The molecule has 0 saturated heterocycles. The van der Waals surface area contributed by atoms with Gasteiger partial charge in [0.05, 0.1) is 6.54 Å². The third-order valence-electron chi connectivity index (χ3n) is 2.17. The molecule has 1 amide bonds. The molecule has 0 aliphatic rings. The zero-order valence-corrected chi connectivity index (χ0v) is 12.7. The van der Waals surface area contributed by atoms with Gasteiger partial charge in [-0.25, -0.2) is 0 Å². The molecule has 17 heavy (non-hydrogen) atoms. The van der Waals surface area contributed by atoms with E-state index in [0.29, 0.717) is 18.7 Å². The molecule has 0 unspecified atom stereocenters. The zero-order valence-electron chi connectivity index (χ0n) is 9.54. The van der Waals surface area contributed by atoms with Crippen molar-refractivity contribution in [1.29, 1.82) is 0 Å². The van der Waals surface area contributed by atoms with Crippen molar-refractivity contribution in [2.75, 3.05) is 13.1 Å². The van der Waals surface area contributed by atoms with E-state index in [9.17, 15) is 4.79 Å². The fraction of sp³-hybridized carbons (Fsp3) is 0.308. The van der Waals surface area contributed by atoms with Gasteiger partial charge in [0, 0.05) is 21.1 Å². The molecule has 0 heterocycles. The highest BCUT2D eigenvalue weighted by Crippen LogP contribution is 2.21. The number of nitrogens with zero attached hydrogens (tertiary/aromatic N) is 1. The number of benzene rings is 1. The predicted molar refractivity (Wildman–Crippen MR) is 76.9 cm³/mol. The van der Waals surface area contributed by atoms with Crippen LogP contribution in [0.25, 0.3) is 0 Å². The molecule has 4 heteroatoms. The molecule has 1 aromatic rings. The minimum atomic E-state index is -0.0354. The van der Waals surface area contributed by atoms with E-state index in [2.05, 4.69) is 37.8 Å². The summed E-state index contributed by atoms with van der Waals surface area (Å²) in [6.45, 7) is 3.04. The molecule has 0 saturated carbocycles. The van der Waals surface area contributed by atoms with E-state index in [1.54, 1.807) is 17.0 Å². The zero-order chi connectivity index (χ0) is 12.8. The monoisotopic (exact) mass is 357 g/mol. The second-order valence-corrected chi connectivity index (χ2v) is 5.42. The van der Waals surface area contributed by atoms with Gasteiger partial charge < -0.3 is 4.90 Å². The summed E-state index contributed by atoms with van der Waals surface area (Å²) < 4.78 is 1.74. The summed E-state index contributed by atoms with van der Waals surface area (Å²) >= 11 is 6.73. The molecule has 0 aromatic heterocycles. The topological polar surface area (TPSA) is 20.3 Å². The summed E-state index contributed by atoms with van der Waals surface area (Å²) in [6, 6.07) is 5.49. The molecule has 0 fully saturated rings. The van der Waals surface area contributed by atoms with Crippen LogP contribution in [-0.2, 0) is 0 Å². The van der Waals surface area contributed by atoms with Crippen LogP contribution >= 0.6 is 31.9 Å². The predicted octanol–water partition coefficient (Wildman–Crippen LogP) is 3.70. The highest BCUT2D eigenvalue weighted by Gasteiger charge is 2.14. The minimum Gasteiger partial charge on any atom is -0.328 e. The lowest BCUT2D eigenvalue weighted by Gasteiger charge is -2.19. The van der Waals surface area contributed by atoms with Crippen molar-refractivity contribution in [1.82, 2.24) is 4.90 Å². The van der Waals surface area contributed by atoms with E-state index in [-0.39, 0.29) is 5.91 Å². The van der Waals surface area contributed by atoms with Gasteiger partial charge in [0.2, 0.25) is 0 Å². The number of halogens is 2. The molecule has 0 radical (unpaired) electrons. The number of hydrogen-bond acceptors (Lipinski definition) is 1. The normalized spacial score (nSPS) is 9.76. The molecule has 1 aromatic carbocycles. The average molecular weight is 359 g/mol. The highest BCUT2D eigenvalue weighted by atomic mass is 79.9. The van der Waals surface area contributed by atoms with Gasteiger partial charge in [0.15, 0.2) is 0 Å². The molecule has 0 N–H and O–H groups in total. The van der Waals surface area contributed by atoms with E-state index in [1.807, 2.05) is 13.0 Å². The Labute approximate surface area is 119 Å². The van der Waals surface area contributed by atoms with Crippen LogP contribution in [0.3, 0.4) is 0 Å². The molecule has 1 rings (SSSR count). The fourth-order valence-corrected chi connectivity index (χ4v) is 2.79. The van der Waals surface area contributed by atoms with Gasteiger partial charge in [-0.1, -0.05) is 44.7 Å². The number of terminal acetylenes is 1. The van der Waals surface area contributed by atoms with Gasteiger partial charge in [-0.3, -0.25) is 4.79 Å². The van der Waals surface area contributed by atoms with Crippen LogP contribution < -0.4 is 0 Å². The summed E-state index contributed by atoms with van der Waals surface area (Å²) in [7, 11) is 0. The molecule has 0 spiro atoms. The van der Waals surface area contributed by atoms with Crippen LogP contribution in [0.1, 0.15) is 23.7 Å². The maximum Gasteiger partial charge on any atom is 0.254 e. The van der Waals surface area contributed by atoms with Crippen molar-refractivity contribution >= 4 is 37.8 Å². The van der Waals surface area contributed by atoms with Crippen molar-refractivity contribution in [3.8, 4) is 12.3 Å². The molecule has 0 atom stereocenters. The van der Waals surface area contributed by atoms with Crippen LogP contribution in [-0.4, -0.2) is 23.9 Å². The molecule has 90 valence electrons. The number of hydrogen-bond donors (Lipinski definition) is 0. The van der Waals surface area contributed by atoms with Gasteiger partial charge in [-0.15, -0.1) is 6.42 Å². The molecular formula is C13H13Br2NO. The lowest BCUT2D eigenvalue weighted by atomic mass is 10.2. The van der Waals surface area contributed by atoms with Crippen molar-refractivity contribution in [3.05, 3.63) is 32.7 Å². The first-order valence-electron chi connectivity index (χ1n) is 5.27. The number of amides is 1. The summed E-state index contributed by atoms with van der Waals surface area (Å²) in [6.07, 6.45) is 6.16. The first-order chi connectivity index (χ1) is 8.08. The fourth-order valence-electron chi connectivity index (χ4n) is 1.49. The second kappa shape index (κ2) is 6.83. The number of carbonyl (C=O) groups excluding carboxylic acids is 1. The Morgan fingerprint density at radius 1 is 1.35 bits per heavy atom. The van der Waals surface area contributed by atoms with E-state index in [4.69, 9.17) is 6.42 Å². The largest absolute Gasteiger partial charge is 0.328 e. The Kier molecular flexibility index (Phi) is 5.73. The van der Waals surface area contributed by atoms with Crippen LogP contribution in [0.2, 0.25) is 0 Å². The maximum atomic E-state index is 12.2. The SMILES string of the molecule is C#CCN(CCC)C(=O)c1cc(Br)cc(Br)c1. The van der Waals surface area contributed by atoms with Gasteiger partial charge >= 0.3 is 0 Å². The first kappa shape index (κ1) is 14.3. The van der Waals surface area contributed by atoms with Gasteiger partial charge in [-0.05, 0) is 24.6 Å². The minimum absolute atomic E-state index is 0.0354. The van der Waals surface area contributed by atoms with Crippen LogP contribution in [0.5, 0.6) is 0 Å². The Hall–Kier alpha value is -0.790. The lowest BCUT2D eigenvalue weighted by molar-refractivity contribution is 0.0776. The average Bonchev–Trinajstić information content (AvgIpc) is 2.26. The van der Waals surface area contributed by atoms with Crippen LogP contribution in [0.15, 0.2) is 27.1 Å². The van der Waals surface area contributed by atoms with Crippen molar-refractivity contribution < 1.29 is 4.79 Å². The smallest absolute Gasteiger partial charge is 0.254 e. The Morgan fingerprint density at radius 2 is 1.94 bits per heavy atom. The summed E-state index contributed by atoms with van der Waals surface area (Å²) in [5.41, 5.74) is 0.634. The standard InChI is InChI=1S/C13H13Br2NO/c1-3-5-16(6-4-2)13(17)10-7-11(14)9-12(15)8-10/h1,7-9H,4-6H2,2H3. The summed E-state index contributed by atoms with van der Waals surface area (Å²) in [5, 5.41) is 0. The molecular weight excluding hydrogens is 346 g/mol. The van der Waals surface area contributed by atoms with E-state index < -0.39 is 0 Å². The highest BCUT2D eigenvalue weighted by molar-refractivity contribution is 9.11. The van der Waals surface area contributed by atoms with E-state index >= 15 is 0 Å². The quantitative estimate of drug-likeness (QED) is 0.751. The van der Waals surface area contributed by atoms with Crippen molar-refractivity contribution in [2.45, 2.75) is 13.3 Å². The van der Waals surface area contributed by atoms with Crippen molar-refractivity contribution in [2.24, 2.45) is 0 Å². The van der Waals surface area contributed by atoms with Gasteiger partial charge in [0.25, 0.3) is 5.91 Å². The van der Waals surface area contributed by atoms with Gasteiger partial charge in [0.1, 0.15) is 0 Å². The molecule has 0 aliphatic heterocycles. The number of carbonyl (C=O) groups is 1. The van der Waals surface area contributed by atoms with Crippen LogP contribution in [0.4, 0.5) is 0 Å². The van der Waals surface area contributed by atoms with Crippen LogP contribution in [0, 0.1) is 12.3 Å². The molecule has 2 nitrogen and oxygen atoms in total. The Morgan fingerprint density at radius 3 is 2.41 bits per heavy atom. The van der Waals surface area contributed by atoms with E-state index in [1.165, 1.54) is 0 Å². The maximum absolute atomic E-state index is 12.2.